The molecule has 2 aliphatic heterocycles. The molecule has 16 heteroatoms. The van der Waals surface area contributed by atoms with E-state index >= 15 is 0 Å². The number of nitrogens with zero attached hydrogens (tertiary/aromatic N) is 1. The Morgan fingerprint density at radius 1 is 0.836 bits per heavy atom. The van der Waals surface area contributed by atoms with Crippen LogP contribution in [0.3, 0.4) is 0 Å². The topological polar surface area (TPSA) is 145 Å². The molecule has 3 aromatic rings. The second-order valence-electron chi connectivity index (χ2n) is 15.8. The molecule has 3 aliphatic rings. The van der Waals surface area contributed by atoms with E-state index in [9.17, 15) is 50.7 Å². The minimum absolute atomic E-state index is 0.0568. The van der Waals surface area contributed by atoms with Gasteiger partial charge in [0, 0.05) is 24.8 Å². The second-order valence-corrected chi connectivity index (χ2v) is 15.8. The molecule has 61 heavy (non-hydrogen) atoms. The molecule has 0 bridgehead atoms. The van der Waals surface area contributed by atoms with E-state index in [1.807, 2.05) is 26.0 Å². The molecule has 1 aliphatic carbocycles. The van der Waals surface area contributed by atoms with Crippen LogP contribution in [0.4, 0.5) is 27.6 Å². The number of ether oxygens (including phenoxy) is 3. The van der Waals surface area contributed by atoms with Gasteiger partial charge in [0.25, 0.3) is 0 Å². The van der Waals surface area contributed by atoms with Crippen molar-refractivity contribution in [2.24, 2.45) is 23.7 Å². The van der Waals surface area contributed by atoms with Gasteiger partial charge in [-0.25, -0.2) is 9.59 Å². The van der Waals surface area contributed by atoms with E-state index in [1.54, 1.807) is 24.3 Å². The molecule has 0 aromatic heterocycles. The number of unbranched alkanes of at least 4 members (excludes halogenated alkanes) is 2. The molecule has 324 valence electrons. The number of nitrogens with one attached hydrogen (secondary N) is 1. The normalized spacial score (nSPS) is 20.2. The van der Waals surface area contributed by atoms with Gasteiger partial charge in [0.15, 0.2) is 0 Å². The lowest BCUT2D eigenvalue weighted by molar-refractivity contribution is -0.284. The van der Waals surface area contributed by atoms with Crippen LogP contribution in [-0.2, 0) is 35.1 Å². The van der Waals surface area contributed by atoms with Gasteiger partial charge >= 0.3 is 24.0 Å². The number of hydrogen-bond donors (Lipinski definition) is 1. The van der Waals surface area contributed by atoms with E-state index in [2.05, 4.69) is 5.32 Å². The van der Waals surface area contributed by atoms with Gasteiger partial charge in [0.05, 0.1) is 36.3 Å². The molecule has 3 fully saturated rings. The van der Waals surface area contributed by atoms with Crippen LogP contribution in [0.25, 0.3) is 6.08 Å². The average molecular weight is 853 g/mol. The number of amides is 4. The van der Waals surface area contributed by atoms with Crippen molar-refractivity contribution in [3.63, 3.8) is 0 Å². The van der Waals surface area contributed by atoms with Gasteiger partial charge in [-0.1, -0.05) is 32.0 Å². The minimum Gasteiger partial charge on any atom is -0.494 e. The van der Waals surface area contributed by atoms with Gasteiger partial charge in [0.2, 0.25) is 23.6 Å². The fraction of sp³-hybridized carbons (Fsp3) is 0.422. The van der Waals surface area contributed by atoms with Crippen LogP contribution < -0.4 is 19.7 Å². The second kappa shape index (κ2) is 18.8. The third-order valence-corrected chi connectivity index (χ3v) is 11.2. The zero-order chi connectivity index (χ0) is 44.1. The molecule has 6 rings (SSSR count). The Balaban J connectivity index is 0.892. The number of carbonyl (C=O) groups is 6. The summed E-state index contributed by atoms with van der Waals surface area (Å²) in [5.74, 6) is -9.24. The number of anilines is 1. The highest BCUT2D eigenvalue weighted by atomic mass is 19.4. The number of fused-ring (bicyclic) bond motifs is 3. The molecule has 0 spiro atoms. The molecule has 4 unspecified atom stereocenters. The molecule has 3 aromatic carbocycles. The zero-order valence-electron chi connectivity index (χ0n) is 33.5. The highest BCUT2D eigenvalue weighted by Gasteiger charge is 2.61. The fourth-order valence-electron chi connectivity index (χ4n) is 8.09. The molecule has 4 amide bonds. The largest absolute Gasteiger partial charge is 0.494 e. The summed E-state index contributed by atoms with van der Waals surface area (Å²) in [6.45, 7) is 3.93. The summed E-state index contributed by atoms with van der Waals surface area (Å²) < 4.78 is 78.8. The lowest BCUT2D eigenvalue weighted by Gasteiger charge is -2.28. The average Bonchev–Trinajstić information content (AvgIpc) is 3.71. The summed E-state index contributed by atoms with van der Waals surface area (Å²) in [6.07, 6.45) is -1.41. The maximum absolute atomic E-state index is 13.6. The number of halogens is 5. The number of esters is 2. The van der Waals surface area contributed by atoms with E-state index in [0.717, 1.165) is 30.4 Å². The predicted molar refractivity (Wildman–Crippen MR) is 210 cm³/mol. The van der Waals surface area contributed by atoms with Crippen molar-refractivity contribution in [1.82, 2.24) is 5.32 Å². The number of imide groups is 2. The van der Waals surface area contributed by atoms with E-state index in [1.165, 1.54) is 47.4 Å². The van der Waals surface area contributed by atoms with Crippen LogP contribution in [0.15, 0.2) is 72.8 Å². The lowest BCUT2D eigenvalue weighted by Crippen LogP contribution is -2.46. The van der Waals surface area contributed by atoms with Gasteiger partial charge in [-0.15, -0.1) is 0 Å². The maximum Gasteiger partial charge on any atom is 0.453 e. The third-order valence-electron chi connectivity index (χ3n) is 11.2. The fourth-order valence-corrected chi connectivity index (χ4v) is 8.09. The molecular formula is C45H45F5N2O9. The Bertz CT molecular complexity index is 2170. The molecule has 4 atom stereocenters. The smallest absolute Gasteiger partial charge is 0.453 e. The molecule has 2 heterocycles. The Labute approximate surface area is 348 Å². The number of piperidine rings is 1. The van der Waals surface area contributed by atoms with Crippen LogP contribution in [-0.4, -0.2) is 60.9 Å². The monoisotopic (exact) mass is 852 g/mol. The van der Waals surface area contributed by atoms with Crippen LogP contribution >= 0.6 is 0 Å². The Kier molecular flexibility index (Phi) is 13.7. The van der Waals surface area contributed by atoms with Crippen LogP contribution in [0.1, 0.15) is 91.8 Å². The van der Waals surface area contributed by atoms with Gasteiger partial charge in [0.1, 0.15) is 11.5 Å². The first-order chi connectivity index (χ1) is 28.9. The van der Waals surface area contributed by atoms with Crippen molar-refractivity contribution >= 4 is 47.3 Å². The number of alkyl halides is 5. The van der Waals surface area contributed by atoms with E-state index < -0.39 is 72.4 Å². The summed E-state index contributed by atoms with van der Waals surface area (Å²) >= 11 is 0. The SMILES string of the molecule is CC(C)c1cc(N2C(=O)C3CC4C(=O)NC(=O)CC4C3C2=O)ccc1CCCCCOC(=O)/C=C/c1ccc(OC(=O)c2ccc(OCCCC(F)(F)C(F)(F)F)cc2)cc1. The Hall–Kier alpha value is -5.93. The van der Waals surface area contributed by atoms with E-state index in [-0.39, 0.29) is 60.9 Å². The first-order valence-electron chi connectivity index (χ1n) is 20.1. The van der Waals surface area contributed by atoms with Crippen LogP contribution in [0.5, 0.6) is 11.5 Å². The highest BCUT2D eigenvalue weighted by Crippen LogP contribution is 2.51. The minimum atomic E-state index is -5.62. The molecule has 1 N–H and O–H groups in total. The molecule has 11 nitrogen and oxygen atoms in total. The summed E-state index contributed by atoms with van der Waals surface area (Å²) in [6, 6.07) is 17.4. The molecule has 1 saturated carbocycles. The van der Waals surface area contributed by atoms with E-state index in [4.69, 9.17) is 14.2 Å². The highest BCUT2D eigenvalue weighted by molar-refractivity contribution is 6.23. The first-order valence-corrected chi connectivity index (χ1v) is 20.1. The molecular weight excluding hydrogens is 807 g/mol. The quantitative estimate of drug-likeness (QED) is 0.0355. The maximum atomic E-state index is 13.6. The zero-order valence-corrected chi connectivity index (χ0v) is 33.5. The van der Waals surface area contributed by atoms with Crippen LogP contribution in [0, 0.1) is 23.7 Å². The Morgan fingerprint density at radius 3 is 2.23 bits per heavy atom. The predicted octanol–water partition coefficient (Wildman–Crippen LogP) is 8.14. The van der Waals surface area contributed by atoms with Gasteiger partial charge in [-0.3, -0.25) is 29.4 Å². The van der Waals surface area contributed by atoms with Gasteiger partial charge in [-0.05, 0) is 122 Å². The molecule has 2 saturated heterocycles. The number of hydrogen-bond acceptors (Lipinski definition) is 9. The summed E-state index contributed by atoms with van der Waals surface area (Å²) in [5, 5.41) is 2.33. The van der Waals surface area contributed by atoms with Crippen LogP contribution in [0.2, 0.25) is 0 Å². The van der Waals surface area contributed by atoms with Crippen molar-refractivity contribution in [2.45, 2.75) is 83.2 Å². The summed E-state index contributed by atoms with van der Waals surface area (Å²) in [4.78, 5) is 77.6. The van der Waals surface area contributed by atoms with Crippen molar-refractivity contribution < 1.29 is 64.9 Å². The first kappa shape index (κ1) is 44.6. The number of benzene rings is 3. The van der Waals surface area contributed by atoms with Gasteiger partial charge in [-0.2, -0.15) is 22.0 Å². The van der Waals surface area contributed by atoms with Crippen molar-refractivity contribution in [1.29, 1.82) is 0 Å². The number of carbonyl (C=O) groups excluding carboxylic acids is 6. The molecule has 0 radical (unpaired) electrons. The number of rotatable bonds is 17. The van der Waals surface area contributed by atoms with E-state index in [0.29, 0.717) is 17.7 Å². The standard InChI is InChI=1S/C45H45F5N2O9/c1-26(2)33-23-30(52-41(56)36-24-35-34(39(36)42(52)57)25-37(53)51-40(35)55)14-11-28(33)7-4-3-5-21-60-38(54)19-10-27-8-15-32(16-9-27)61-43(58)29-12-17-31(18-13-29)59-22-6-20-44(46,47)45(48,49)50/h8-19,23,26,34-36,39H,3-7,20-22,24-25H2,1-2H3,(H,51,53,55)/b19-10+. The van der Waals surface area contributed by atoms with Gasteiger partial charge < -0.3 is 14.2 Å². The summed E-state index contributed by atoms with van der Waals surface area (Å²) in [7, 11) is 0. The van der Waals surface area contributed by atoms with Crippen molar-refractivity contribution in [2.75, 3.05) is 18.1 Å². The third kappa shape index (κ3) is 10.5. The van der Waals surface area contributed by atoms with Crippen molar-refractivity contribution in [3.8, 4) is 11.5 Å². The Morgan fingerprint density at radius 2 is 1.54 bits per heavy atom. The number of aryl methyl sites for hydroxylation is 1. The lowest BCUT2D eigenvalue weighted by atomic mass is 9.82. The summed E-state index contributed by atoms with van der Waals surface area (Å²) in [5.41, 5.74) is 3.39. The van der Waals surface area contributed by atoms with Crippen molar-refractivity contribution in [3.05, 3.63) is 95.1 Å².